The molecule has 0 radical (unpaired) electrons. The summed E-state index contributed by atoms with van der Waals surface area (Å²) >= 11 is 0. The van der Waals surface area contributed by atoms with Gasteiger partial charge in [0.25, 0.3) is 0 Å². The lowest BCUT2D eigenvalue weighted by Crippen LogP contribution is -2.51. The van der Waals surface area contributed by atoms with E-state index in [-0.39, 0.29) is 12.0 Å². The van der Waals surface area contributed by atoms with Gasteiger partial charge >= 0.3 is 6.09 Å². The fourth-order valence-electron chi connectivity index (χ4n) is 2.96. The van der Waals surface area contributed by atoms with E-state index in [1.165, 1.54) is 11.1 Å². The Kier molecular flexibility index (Phi) is 5.89. The van der Waals surface area contributed by atoms with Gasteiger partial charge in [-0.3, -0.25) is 4.79 Å². The van der Waals surface area contributed by atoms with E-state index in [9.17, 15) is 9.59 Å². The Balaban J connectivity index is 1.43. The molecule has 1 heterocycles. The standard InChI is InChI=1S/C21H24N2O3/c1-17-7-9-18(10-8-17)11-12-20(24)22-13-15-23(16-14-22)21(25)26-19-5-3-2-4-6-19/h2-10H,11-16H2,1H3. The molecule has 5 heteroatoms. The Bertz CT molecular complexity index is 736. The monoisotopic (exact) mass is 352 g/mol. The van der Waals surface area contributed by atoms with E-state index in [0.717, 1.165) is 6.42 Å². The van der Waals surface area contributed by atoms with Gasteiger partial charge in [-0.25, -0.2) is 4.79 Å². The van der Waals surface area contributed by atoms with Gasteiger partial charge in [-0.2, -0.15) is 0 Å². The minimum absolute atomic E-state index is 0.140. The lowest BCUT2D eigenvalue weighted by atomic mass is 10.1. The van der Waals surface area contributed by atoms with Crippen molar-refractivity contribution in [1.82, 2.24) is 9.80 Å². The Morgan fingerprint density at radius 1 is 0.885 bits per heavy atom. The highest BCUT2D eigenvalue weighted by atomic mass is 16.6. The summed E-state index contributed by atoms with van der Waals surface area (Å²) in [6, 6.07) is 17.3. The minimum Gasteiger partial charge on any atom is -0.410 e. The van der Waals surface area contributed by atoms with Crippen LogP contribution >= 0.6 is 0 Å². The molecular formula is C21H24N2O3. The zero-order chi connectivity index (χ0) is 18.4. The predicted octanol–water partition coefficient (Wildman–Crippen LogP) is 3.27. The Morgan fingerprint density at radius 2 is 1.50 bits per heavy atom. The van der Waals surface area contributed by atoms with Gasteiger partial charge in [-0.05, 0) is 31.0 Å². The number of para-hydroxylation sites is 1. The van der Waals surface area contributed by atoms with Crippen molar-refractivity contribution in [2.75, 3.05) is 26.2 Å². The maximum absolute atomic E-state index is 12.4. The number of hydrogen-bond acceptors (Lipinski definition) is 3. The molecule has 26 heavy (non-hydrogen) atoms. The second-order valence-electron chi connectivity index (χ2n) is 6.53. The molecule has 0 aromatic heterocycles. The zero-order valence-electron chi connectivity index (χ0n) is 15.1. The molecule has 2 aromatic carbocycles. The number of aryl methyl sites for hydroxylation is 2. The van der Waals surface area contributed by atoms with Gasteiger partial charge in [-0.1, -0.05) is 48.0 Å². The third-order valence-electron chi connectivity index (χ3n) is 4.59. The van der Waals surface area contributed by atoms with Gasteiger partial charge < -0.3 is 14.5 Å². The second-order valence-corrected chi connectivity index (χ2v) is 6.53. The average molecular weight is 352 g/mol. The normalized spacial score (nSPS) is 14.2. The van der Waals surface area contributed by atoms with Crippen molar-refractivity contribution in [3.8, 4) is 5.75 Å². The van der Waals surface area contributed by atoms with E-state index in [1.54, 1.807) is 17.0 Å². The summed E-state index contributed by atoms with van der Waals surface area (Å²) in [6.07, 6.45) is 0.885. The van der Waals surface area contributed by atoms with Crippen molar-refractivity contribution in [2.45, 2.75) is 19.8 Å². The van der Waals surface area contributed by atoms with E-state index in [4.69, 9.17) is 4.74 Å². The molecule has 0 N–H and O–H groups in total. The zero-order valence-corrected chi connectivity index (χ0v) is 15.1. The summed E-state index contributed by atoms with van der Waals surface area (Å²) in [5.74, 6) is 0.677. The molecule has 3 rings (SSSR count). The molecule has 0 bridgehead atoms. The Hall–Kier alpha value is -2.82. The molecule has 1 fully saturated rings. The van der Waals surface area contributed by atoms with E-state index in [2.05, 4.69) is 31.2 Å². The molecule has 0 atom stereocenters. The highest BCUT2D eigenvalue weighted by Crippen LogP contribution is 2.13. The molecule has 136 valence electrons. The number of carbonyl (C=O) groups excluding carboxylic acids is 2. The van der Waals surface area contributed by atoms with Crippen molar-refractivity contribution in [1.29, 1.82) is 0 Å². The van der Waals surface area contributed by atoms with Gasteiger partial charge in [0, 0.05) is 32.6 Å². The van der Waals surface area contributed by atoms with Crippen LogP contribution in [0.1, 0.15) is 17.5 Å². The number of carbonyl (C=O) groups is 2. The van der Waals surface area contributed by atoms with E-state index >= 15 is 0 Å². The van der Waals surface area contributed by atoms with Crippen LogP contribution in [0.3, 0.4) is 0 Å². The van der Waals surface area contributed by atoms with Gasteiger partial charge in [0.05, 0.1) is 0 Å². The molecule has 2 amide bonds. The maximum atomic E-state index is 12.4. The van der Waals surface area contributed by atoms with Crippen LogP contribution in [0.25, 0.3) is 0 Å². The third-order valence-corrected chi connectivity index (χ3v) is 4.59. The van der Waals surface area contributed by atoms with Crippen LogP contribution < -0.4 is 4.74 Å². The number of hydrogen-bond donors (Lipinski definition) is 0. The fourth-order valence-corrected chi connectivity index (χ4v) is 2.96. The number of rotatable bonds is 4. The summed E-state index contributed by atoms with van der Waals surface area (Å²) in [5, 5.41) is 0. The van der Waals surface area contributed by atoms with Crippen LogP contribution in [-0.4, -0.2) is 48.0 Å². The van der Waals surface area contributed by atoms with E-state index in [1.807, 2.05) is 23.1 Å². The molecular weight excluding hydrogens is 328 g/mol. The predicted molar refractivity (Wildman–Crippen MR) is 100 cm³/mol. The first kappa shape index (κ1) is 18.0. The lowest BCUT2D eigenvalue weighted by molar-refractivity contribution is -0.132. The molecule has 1 saturated heterocycles. The largest absolute Gasteiger partial charge is 0.415 e. The number of piperazine rings is 1. The van der Waals surface area contributed by atoms with Gasteiger partial charge in [0.15, 0.2) is 0 Å². The van der Waals surface area contributed by atoms with Crippen molar-refractivity contribution in [2.24, 2.45) is 0 Å². The topological polar surface area (TPSA) is 49.9 Å². The number of nitrogens with zero attached hydrogens (tertiary/aromatic N) is 2. The highest BCUT2D eigenvalue weighted by Gasteiger charge is 2.25. The molecule has 0 unspecified atom stereocenters. The van der Waals surface area contributed by atoms with Gasteiger partial charge in [-0.15, -0.1) is 0 Å². The molecule has 1 aliphatic rings. The number of benzene rings is 2. The quantitative estimate of drug-likeness (QED) is 0.848. The second kappa shape index (κ2) is 8.52. The van der Waals surface area contributed by atoms with Crippen molar-refractivity contribution in [3.63, 3.8) is 0 Å². The van der Waals surface area contributed by atoms with Gasteiger partial charge in [0.2, 0.25) is 5.91 Å². The van der Waals surface area contributed by atoms with Gasteiger partial charge in [0.1, 0.15) is 5.75 Å². The molecule has 0 spiro atoms. The molecule has 1 aliphatic heterocycles. The summed E-state index contributed by atoms with van der Waals surface area (Å²) in [7, 11) is 0. The first-order valence-corrected chi connectivity index (χ1v) is 8.97. The summed E-state index contributed by atoms with van der Waals surface area (Å²) in [6.45, 7) is 4.16. The van der Waals surface area contributed by atoms with E-state index < -0.39 is 0 Å². The van der Waals surface area contributed by atoms with Crippen LogP contribution in [0.2, 0.25) is 0 Å². The summed E-state index contributed by atoms with van der Waals surface area (Å²) in [5.41, 5.74) is 2.40. The van der Waals surface area contributed by atoms with Crippen molar-refractivity contribution >= 4 is 12.0 Å². The molecule has 5 nitrogen and oxygen atoms in total. The molecule has 2 aromatic rings. The summed E-state index contributed by atoms with van der Waals surface area (Å²) < 4.78 is 5.35. The fraction of sp³-hybridized carbons (Fsp3) is 0.333. The molecule has 0 saturated carbocycles. The van der Waals surface area contributed by atoms with Crippen LogP contribution in [0.4, 0.5) is 4.79 Å². The Labute approximate surface area is 154 Å². The van der Waals surface area contributed by atoms with Crippen LogP contribution in [-0.2, 0) is 11.2 Å². The SMILES string of the molecule is Cc1ccc(CCC(=O)N2CCN(C(=O)Oc3ccccc3)CC2)cc1. The van der Waals surface area contributed by atoms with E-state index in [0.29, 0.717) is 38.3 Å². The van der Waals surface area contributed by atoms with Crippen LogP contribution in [0.5, 0.6) is 5.75 Å². The first-order valence-electron chi connectivity index (χ1n) is 8.97. The number of ether oxygens (including phenoxy) is 1. The minimum atomic E-state index is -0.358. The molecule has 0 aliphatic carbocycles. The Morgan fingerprint density at radius 3 is 2.15 bits per heavy atom. The maximum Gasteiger partial charge on any atom is 0.415 e. The van der Waals surface area contributed by atoms with Crippen LogP contribution in [0, 0.1) is 6.92 Å². The van der Waals surface area contributed by atoms with Crippen molar-refractivity contribution < 1.29 is 14.3 Å². The lowest BCUT2D eigenvalue weighted by Gasteiger charge is -2.34. The smallest absolute Gasteiger partial charge is 0.410 e. The average Bonchev–Trinajstić information content (AvgIpc) is 2.68. The highest BCUT2D eigenvalue weighted by molar-refractivity contribution is 5.77. The van der Waals surface area contributed by atoms with Crippen LogP contribution in [0.15, 0.2) is 54.6 Å². The first-order chi connectivity index (χ1) is 12.6. The summed E-state index contributed by atoms with van der Waals surface area (Å²) in [4.78, 5) is 28.1. The number of amides is 2. The third kappa shape index (κ3) is 4.85. The van der Waals surface area contributed by atoms with Crippen molar-refractivity contribution in [3.05, 3.63) is 65.7 Å².